The summed E-state index contributed by atoms with van der Waals surface area (Å²) in [6, 6.07) is 17.0. The predicted molar refractivity (Wildman–Crippen MR) is 100 cm³/mol. The topological polar surface area (TPSA) is 67.6 Å². The molecule has 5 nitrogen and oxygen atoms in total. The molecule has 0 fully saturated rings. The second-order valence-corrected chi connectivity index (χ2v) is 6.31. The van der Waals surface area contributed by atoms with Gasteiger partial charge in [0.1, 0.15) is 12.4 Å². The summed E-state index contributed by atoms with van der Waals surface area (Å²) in [5, 5.41) is 2.89. The third kappa shape index (κ3) is 6.95. The number of nitrogens with zero attached hydrogens (tertiary/aromatic N) is 1. The molecule has 3 N–H and O–H groups in total. The summed E-state index contributed by atoms with van der Waals surface area (Å²) in [4.78, 5) is 14.2. The zero-order valence-corrected chi connectivity index (χ0v) is 14.9. The minimum Gasteiger partial charge on any atom is -0.492 e. The van der Waals surface area contributed by atoms with Crippen LogP contribution >= 0.6 is 0 Å². The fourth-order valence-electron chi connectivity index (χ4n) is 2.37. The van der Waals surface area contributed by atoms with E-state index in [1.807, 2.05) is 68.7 Å². The Bertz CT molecular complexity index is 659. The molecule has 0 aliphatic rings. The fourth-order valence-corrected chi connectivity index (χ4v) is 2.37. The molecule has 0 spiro atoms. The SMILES string of the molecule is CN(C)CCOc1cccc(CNC(=O)C(N)Cc2ccccc2)c1. The minimum absolute atomic E-state index is 0.150. The van der Waals surface area contributed by atoms with Crippen LogP contribution in [0.15, 0.2) is 54.6 Å². The molecule has 0 aliphatic carbocycles. The molecule has 1 amide bonds. The molecule has 0 heterocycles. The highest BCUT2D eigenvalue weighted by atomic mass is 16.5. The summed E-state index contributed by atoms with van der Waals surface area (Å²) in [5.41, 5.74) is 8.04. The van der Waals surface area contributed by atoms with Gasteiger partial charge in [-0.3, -0.25) is 4.79 Å². The molecule has 1 atom stereocenters. The first kappa shape index (κ1) is 19.0. The van der Waals surface area contributed by atoms with E-state index in [0.29, 0.717) is 19.6 Å². The number of nitrogens with one attached hydrogen (secondary N) is 1. The molecule has 1 unspecified atom stereocenters. The number of carbonyl (C=O) groups is 1. The van der Waals surface area contributed by atoms with Crippen molar-refractivity contribution in [2.75, 3.05) is 27.2 Å². The molecule has 0 saturated carbocycles. The Labute approximate surface area is 149 Å². The summed E-state index contributed by atoms with van der Waals surface area (Å²) in [6.45, 7) is 1.92. The first-order valence-electron chi connectivity index (χ1n) is 8.48. The van der Waals surface area contributed by atoms with Crippen molar-refractivity contribution in [1.82, 2.24) is 10.2 Å². The highest BCUT2D eigenvalue weighted by Gasteiger charge is 2.13. The van der Waals surface area contributed by atoms with E-state index in [9.17, 15) is 4.79 Å². The van der Waals surface area contributed by atoms with E-state index in [4.69, 9.17) is 10.5 Å². The molecular weight excluding hydrogens is 314 g/mol. The number of ether oxygens (including phenoxy) is 1. The molecule has 0 bridgehead atoms. The van der Waals surface area contributed by atoms with Gasteiger partial charge < -0.3 is 20.7 Å². The molecule has 2 rings (SSSR count). The maximum atomic E-state index is 12.2. The zero-order valence-electron chi connectivity index (χ0n) is 14.9. The first-order valence-corrected chi connectivity index (χ1v) is 8.48. The van der Waals surface area contributed by atoms with Crippen LogP contribution in [0.3, 0.4) is 0 Å². The van der Waals surface area contributed by atoms with E-state index in [-0.39, 0.29) is 5.91 Å². The standard InChI is InChI=1S/C20H27N3O2/c1-23(2)11-12-25-18-10-6-9-17(13-18)15-22-20(24)19(21)14-16-7-4-3-5-8-16/h3-10,13,19H,11-12,14-15,21H2,1-2H3,(H,22,24). The van der Waals surface area contributed by atoms with Crippen LogP contribution in [0.4, 0.5) is 0 Å². The monoisotopic (exact) mass is 341 g/mol. The molecule has 5 heteroatoms. The average molecular weight is 341 g/mol. The van der Waals surface area contributed by atoms with Crippen molar-refractivity contribution in [3.05, 3.63) is 65.7 Å². The third-order valence-corrected chi connectivity index (χ3v) is 3.81. The van der Waals surface area contributed by atoms with Gasteiger partial charge in [0.15, 0.2) is 0 Å². The normalized spacial score (nSPS) is 12.0. The lowest BCUT2D eigenvalue weighted by atomic mass is 10.1. The number of carbonyl (C=O) groups excluding carboxylic acids is 1. The maximum Gasteiger partial charge on any atom is 0.237 e. The lowest BCUT2D eigenvalue weighted by Gasteiger charge is -2.14. The Kier molecular flexibility index (Phi) is 7.44. The van der Waals surface area contributed by atoms with Gasteiger partial charge in [-0.1, -0.05) is 42.5 Å². The van der Waals surface area contributed by atoms with Gasteiger partial charge in [0, 0.05) is 13.1 Å². The van der Waals surface area contributed by atoms with Gasteiger partial charge in [0.25, 0.3) is 0 Å². The number of hydrogen-bond donors (Lipinski definition) is 2. The number of hydrogen-bond acceptors (Lipinski definition) is 4. The van der Waals surface area contributed by atoms with Gasteiger partial charge in [-0.25, -0.2) is 0 Å². The van der Waals surface area contributed by atoms with Crippen LogP contribution in [-0.2, 0) is 17.8 Å². The van der Waals surface area contributed by atoms with Crippen molar-refractivity contribution < 1.29 is 9.53 Å². The molecule has 0 aromatic heterocycles. The number of amides is 1. The van der Waals surface area contributed by atoms with Crippen molar-refractivity contribution in [3.63, 3.8) is 0 Å². The largest absolute Gasteiger partial charge is 0.492 e. The quantitative estimate of drug-likeness (QED) is 0.730. The molecule has 0 aliphatic heterocycles. The van der Waals surface area contributed by atoms with Crippen LogP contribution < -0.4 is 15.8 Å². The minimum atomic E-state index is -0.554. The molecule has 0 radical (unpaired) electrons. The van der Waals surface area contributed by atoms with Gasteiger partial charge >= 0.3 is 0 Å². The van der Waals surface area contributed by atoms with E-state index < -0.39 is 6.04 Å². The Hall–Kier alpha value is -2.37. The van der Waals surface area contributed by atoms with E-state index in [0.717, 1.165) is 23.4 Å². The smallest absolute Gasteiger partial charge is 0.237 e. The summed E-state index contributed by atoms with van der Waals surface area (Å²) < 4.78 is 5.71. The van der Waals surface area contributed by atoms with Crippen molar-refractivity contribution in [1.29, 1.82) is 0 Å². The van der Waals surface area contributed by atoms with Gasteiger partial charge in [0.2, 0.25) is 5.91 Å². The fraction of sp³-hybridized carbons (Fsp3) is 0.350. The number of benzene rings is 2. The van der Waals surface area contributed by atoms with Crippen LogP contribution in [0, 0.1) is 0 Å². The summed E-state index contributed by atoms with van der Waals surface area (Å²) in [6.07, 6.45) is 0.528. The molecule has 25 heavy (non-hydrogen) atoms. The molecular formula is C20H27N3O2. The zero-order chi connectivity index (χ0) is 18.1. The summed E-state index contributed by atoms with van der Waals surface area (Å²) in [7, 11) is 4.02. The summed E-state index contributed by atoms with van der Waals surface area (Å²) in [5.74, 6) is 0.657. The maximum absolute atomic E-state index is 12.2. The lowest BCUT2D eigenvalue weighted by Crippen LogP contribution is -2.41. The van der Waals surface area contributed by atoms with Crippen molar-refractivity contribution in [2.45, 2.75) is 19.0 Å². The van der Waals surface area contributed by atoms with Crippen LogP contribution in [-0.4, -0.2) is 44.1 Å². The molecule has 0 saturated heterocycles. The Morgan fingerprint density at radius 1 is 1.12 bits per heavy atom. The average Bonchev–Trinajstić information content (AvgIpc) is 2.60. The van der Waals surface area contributed by atoms with Crippen LogP contribution in [0.2, 0.25) is 0 Å². The van der Waals surface area contributed by atoms with Crippen LogP contribution in [0.1, 0.15) is 11.1 Å². The molecule has 134 valence electrons. The van der Waals surface area contributed by atoms with Crippen molar-refractivity contribution in [2.24, 2.45) is 5.73 Å². The summed E-state index contributed by atoms with van der Waals surface area (Å²) >= 11 is 0. The molecule has 2 aromatic carbocycles. The third-order valence-electron chi connectivity index (χ3n) is 3.81. The second kappa shape index (κ2) is 9.81. The Morgan fingerprint density at radius 3 is 2.56 bits per heavy atom. The van der Waals surface area contributed by atoms with E-state index in [2.05, 4.69) is 10.2 Å². The van der Waals surface area contributed by atoms with Crippen LogP contribution in [0.25, 0.3) is 0 Å². The predicted octanol–water partition coefficient (Wildman–Crippen LogP) is 1.81. The van der Waals surface area contributed by atoms with Crippen molar-refractivity contribution >= 4 is 5.91 Å². The number of rotatable bonds is 9. The Morgan fingerprint density at radius 2 is 1.84 bits per heavy atom. The van der Waals surface area contributed by atoms with Gasteiger partial charge in [0.05, 0.1) is 6.04 Å². The van der Waals surface area contributed by atoms with Crippen LogP contribution in [0.5, 0.6) is 5.75 Å². The van der Waals surface area contributed by atoms with Crippen molar-refractivity contribution in [3.8, 4) is 5.75 Å². The lowest BCUT2D eigenvalue weighted by molar-refractivity contribution is -0.122. The molecule has 2 aromatic rings. The van der Waals surface area contributed by atoms with E-state index >= 15 is 0 Å². The van der Waals surface area contributed by atoms with E-state index in [1.54, 1.807) is 0 Å². The first-order chi connectivity index (χ1) is 12.0. The highest BCUT2D eigenvalue weighted by molar-refractivity contribution is 5.81. The second-order valence-electron chi connectivity index (χ2n) is 6.31. The van der Waals surface area contributed by atoms with Gasteiger partial charge in [-0.15, -0.1) is 0 Å². The number of nitrogens with two attached hydrogens (primary N) is 1. The number of likely N-dealkylation sites (N-methyl/N-ethyl adjacent to an activating group) is 1. The Balaban J connectivity index is 1.80. The van der Waals surface area contributed by atoms with Gasteiger partial charge in [-0.05, 0) is 43.8 Å². The highest BCUT2D eigenvalue weighted by Crippen LogP contribution is 2.13. The van der Waals surface area contributed by atoms with Gasteiger partial charge in [-0.2, -0.15) is 0 Å². The van der Waals surface area contributed by atoms with E-state index in [1.165, 1.54) is 0 Å².